The van der Waals surface area contributed by atoms with E-state index in [1.54, 1.807) is 0 Å². The van der Waals surface area contributed by atoms with E-state index in [0.717, 1.165) is 42.9 Å². The van der Waals surface area contributed by atoms with Gasteiger partial charge in [-0.2, -0.15) is 0 Å². The number of rotatable bonds is 8. The van der Waals surface area contributed by atoms with Gasteiger partial charge in [-0.1, -0.05) is 11.2 Å². The van der Waals surface area contributed by atoms with Crippen LogP contribution in [0.4, 0.5) is 0 Å². The van der Waals surface area contributed by atoms with Gasteiger partial charge >= 0.3 is 0 Å². The van der Waals surface area contributed by atoms with Crippen molar-refractivity contribution in [3.63, 3.8) is 0 Å². The number of hydrogen-bond acceptors (Lipinski definition) is 6. The summed E-state index contributed by atoms with van der Waals surface area (Å²) in [4.78, 5) is 13.3. The summed E-state index contributed by atoms with van der Waals surface area (Å²) in [5.41, 5.74) is 7.17. The Kier molecular flexibility index (Phi) is 5.78. The van der Waals surface area contributed by atoms with Crippen LogP contribution in [0.2, 0.25) is 0 Å². The average molecular weight is 359 g/mol. The number of benzene rings is 1. The zero-order valence-corrected chi connectivity index (χ0v) is 15.2. The fourth-order valence-electron chi connectivity index (χ4n) is 3.30. The van der Waals surface area contributed by atoms with Crippen LogP contribution in [0.3, 0.4) is 0 Å². The molecule has 2 N–H and O–H groups in total. The summed E-state index contributed by atoms with van der Waals surface area (Å²) in [5, 5.41) is 4.01. The minimum atomic E-state index is -0.515. The Morgan fingerprint density at radius 3 is 2.88 bits per heavy atom. The van der Waals surface area contributed by atoms with E-state index in [2.05, 4.69) is 10.1 Å². The number of carbonyl (C=O) groups is 1. The largest absolute Gasteiger partial charge is 0.490 e. The van der Waals surface area contributed by atoms with E-state index in [1.165, 1.54) is 0 Å². The molecule has 1 aliphatic heterocycles. The molecule has 2 aromatic rings. The fourth-order valence-corrected chi connectivity index (χ4v) is 3.30. The number of aromatic nitrogens is 1. The molecule has 1 aromatic heterocycles. The van der Waals surface area contributed by atoms with Crippen molar-refractivity contribution in [2.75, 3.05) is 19.8 Å². The summed E-state index contributed by atoms with van der Waals surface area (Å²) in [6, 6.07) is 8.03. The molecule has 1 amide bonds. The minimum absolute atomic E-state index is 0.168. The van der Waals surface area contributed by atoms with Crippen molar-refractivity contribution >= 4 is 5.91 Å². The van der Waals surface area contributed by atoms with Gasteiger partial charge in [-0.3, -0.25) is 9.69 Å². The van der Waals surface area contributed by atoms with Crippen molar-refractivity contribution in [1.29, 1.82) is 0 Å². The first kappa shape index (κ1) is 18.3. The van der Waals surface area contributed by atoms with Crippen LogP contribution in [0.1, 0.15) is 42.8 Å². The minimum Gasteiger partial charge on any atom is -0.490 e. The normalized spacial score (nSPS) is 17.4. The Morgan fingerprint density at radius 2 is 2.19 bits per heavy atom. The number of nitrogens with zero attached hydrogens (tertiary/aromatic N) is 2. The number of aryl methyl sites for hydroxylation is 1. The number of hydrogen-bond donors (Lipinski definition) is 1. The third kappa shape index (κ3) is 4.35. The molecule has 140 valence electrons. The SMILES string of the molecule is CCOc1cc(CN2CCC[C@@H]2c2cc(C)no2)ccc1OCC(N)=O. The van der Waals surface area contributed by atoms with Crippen LogP contribution in [0, 0.1) is 6.92 Å². The van der Waals surface area contributed by atoms with Crippen molar-refractivity contribution in [2.45, 2.75) is 39.3 Å². The highest BCUT2D eigenvalue weighted by atomic mass is 16.5. The van der Waals surface area contributed by atoms with Crippen molar-refractivity contribution in [3.8, 4) is 11.5 Å². The lowest BCUT2D eigenvalue weighted by Gasteiger charge is -2.23. The van der Waals surface area contributed by atoms with Gasteiger partial charge in [-0.05, 0) is 50.9 Å². The number of carbonyl (C=O) groups excluding carboxylic acids is 1. The van der Waals surface area contributed by atoms with Gasteiger partial charge in [0, 0.05) is 12.6 Å². The molecule has 1 fully saturated rings. The van der Waals surface area contributed by atoms with Crippen LogP contribution >= 0.6 is 0 Å². The molecule has 0 saturated carbocycles. The molecule has 0 aliphatic carbocycles. The zero-order chi connectivity index (χ0) is 18.5. The van der Waals surface area contributed by atoms with Gasteiger partial charge < -0.3 is 19.7 Å². The maximum Gasteiger partial charge on any atom is 0.255 e. The summed E-state index contributed by atoms with van der Waals surface area (Å²) in [5.74, 6) is 1.56. The molecule has 1 aromatic carbocycles. The van der Waals surface area contributed by atoms with Gasteiger partial charge in [0.15, 0.2) is 23.9 Å². The molecule has 26 heavy (non-hydrogen) atoms. The highest BCUT2D eigenvalue weighted by Crippen LogP contribution is 2.35. The average Bonchev–Trinajstić information content (AvgIpc) is 3.23. The van der Waals surface area contributed by atoms with Crippen molar-refractivity contribution < 1.29 is 18.8 Å². The summed E-state index contributed by atoms with van der Waals surface area (Å²) < 4.78 is 16.6. The lowest BCUT2D eigenvalue weighted by molar-refractivity contribution is -0.119. The van der Waals surface area contributed by atoms with Crippen LogP contribution in [0.25, 0.3) is 0 Å². The van der Waals surface area contributed by atoms with Crippen LogP contribution in [-0.4, -0.2) is 35.7 Å². The van der Waals surface area contributed by atoms with E-state index in [1.807, 2.05) is 38.1 Å². The molecule has 7 nitrogen and oxygen atoms in total. The lowest BCUT2D eigenvalue weighted by Crippen LogP contribution is -2.22. The first-order valence-electron chi connectivity index (χ1n) is 8.91. The Balaban J connectivity index is 1.74. The maximum atomic E-state index is 10.9. The predicted molar refractivity (Wildman–Crippen MR) is 95.9 cm³/mol. The second kappa shape index (κ2) is 8.23. The molecule has 1 aliphatic rings. The summed E-state index contributed by atoms with van der Waals surface area (Å²) >= 11 is 0. The highest BCUT2D eigenvalue weighted by molar-refractivity contribution is 5.75. The Morgan fingerprint density at radius 1 is 1.35 bits per heavy atom. The molecular weight excluding hydrogens is 334 g/mol. The van der Waals surface area contributed by atoms with E-state index < -0.39 is 5.91 Å². The van der Waals surface area contributed by atoms with Crippen molar-refractivity contribution in [1.82, 2.24) is 10.1 Å². The van der Waals surface area contributed by atoms with Gasteiger partial charge in [0.2, 0.25) is 0 Å². The van der Waals surface area contributed by atoms with Gasteiger partial charge in [-0.15, -0.1) is 0 Å². The molecule has 0 radical (unpaired) electrons. The Labute approximate surface area is 153 Å². The first-order chi connectivity index (χ1) is 12.6. The number of ether oxygens (including phenoxy) is 2. The van der Waals surface area contributed by atoms with Crippen LogP contribution in [0.5, 0.6) is 11.5 Å². The van der Waals surface area contributed by atoms with E-state index in [0.29, 0.717) is 18.1 Å². The lowest BCUT2D eigenvalue weighted by atomic mass is 10.1. The van der Waals surface area contributed by atoms with Crippen LogP contribution < -0.4 is 15.2 Å². The quantitative estimate of drug-likeness (QED) is 0.779. The molecule has 0 bridgehead atoms. The van der Waals surface area contributed by atoms with Crippen LogP contribution in [0.15, 0.2) is 28.8 Å². The Bertz CT molecular complexity index is 759. The molecule has 1 atom stereocenters. The van der Waals surface area contributed by atoms with Crippen molar-refractivity contribution in [2.24, 2.45) is 5.73 Å². The maximum absolute atomic E-state index is 10.9. The van der Waals surface area contributed by atoms with E-state index >= 15 is 0 Å². The molecule has 3 rings (SSSR count). The molecule has 7 heteroatoms. The number of nitrogens with two attached hydrogens (primary N) is 1. The number of likely N-dealkylation sites (tertiary alicyclic amines) is 1. The van der Waals surface area contributed by atoms with Gasteiger partial charge in [0.1, 0.15) is 0 Å². The van der Waals surface area contributed by atoms with Gasteiger partial charge in [0.05, 0.1) is 18.3 Å². The molecule has 0 unspecified atom stereocenters. The fraction of sp³-hybridized carbons (Fsp3) is 0.474. The second-order valence-corrected chi connectivity index (χ2v) is 6.47. The standard InChI is InChI=1S/C19H25N3O4/c1-3-24-18-10-14(6-7-16(18)25-12-19(20)23)11-22-8-4-5-15(22)17-9-13(2)21-26-17/h6-7,9-10,15H,3-5,8,11-12H2,1-2H3,(H2,20,23)/t15-/m1/s1. The molecular formula is C19H25N3O4. The van der Waals surface area contributed by atoms with E-state index in [-0.39, 0.29) is 12.6 Å². The number of primary amides is 1. The summed E-state index contributed by atoms with van der Waals surface area (Å²) in [6.07, 6.45) is 2.19. The summed E-state index contributed by atoms with van der Waals surface area (Å²) in [6.45, 7) is 5.98. The predicted octanol–water partition coefficient (Wildman–Crippen LogP) is 2.58. The summed E-state index contributed by atoms with van der Waals surface area (Å²) in [7, 11) is 0. The Hall–Kier alpha value is -2.54. The third-order valence-electron chi connectivity index (χ3n) is 4.40. The van der Waals surface area contributed by atoms with Crippen LogP contribution in [-0.2, 0) is 11.3 Å². The zero-order valence-electron chi connectivity index (χ0n) is 15.2. The highest BCUT2D eigenvalue weighted by Gasteiger charge is 2.29. The topological polar surface area (TPSA) is 90.8 Å². The third-order valence-corrected chi connectivity index (χ3v) is 4.40. The van der Waals surface area contributed by atoms with Gasteiger partial charge in [-0.25, -0.2) is 0 Å². The molecule has 2 heterocycles. The van der Waals surface area contributed by atoms with E-state index in [9.17, 15) is 4.79 Å². The van der Waals surface area contributed by atoms with Crippen molar-refractivity contribution in [3.05, 3.63) is 41.3 Å². The molecule has 0 spiro atoms. The smallest absolute Gasteiger partial charge is 0.255 e. The number of amides is 1. The van der Waals surface area contributed by atoms with E-state index in [4.69, 9.17) is 19.7 Å². The van der Waals surface area contributed by atoms with Gasteiger partial charge in [0.25, 0.3) is 5.91 Å². The second-order valence-electron chi connectivity index (χ2n) is 6.47. The first-order valence-corrected chi connectivity index (χ1v) is 8.91. The molecule has 1 saturated heterocycles. The monoisotopic (exact) mass is 359 g/mol.